The van der Waals surface area contributed by atoms with Crippen molar-refractivity contribution in [3.63, 3.8) is 0 Å². The Labute approximate surface area is 152 Å². The second-order valence-electron chi connectivity index (χ2n) is 6.29. The largest absolute Gasteiger partial charge is 0.352 e. The topological polar surface area (TPSA) is 84.3 Å². The number of likely N-dealkylation sites (N-methyl/N-ethyl adjacent to an activating group) is 1. The van der Waals surface area contributed by atoms with Crippen molar-refractivity contribution >= 4 is 11.8 Å². The number of carbonyl (C=O) groups excluding carboxylic acids is 2. The van der Waals surface area contributed by atoms with Crippen LogP contribution < -0.4 is 10.7 Å². The van der Waals surface area contributed by atoms with Crippen molar-refractivity contribution in [2.75, 3.05) is 13.1 Å². The molecule has 1 N–H and O–H groups in total. The highest BCUT2D eigenvalue weighted by molar-refractivity contribution is 5.94. The van der Waals surface area contributed by atoms with Gasteiger partial charge in [-0.05, 0) is 39.8 Å². The van der Waals surface area contributed by atoms with Crippen molar-refractivity contribution in [3.8, 4) is 5.69 Å². The van der Waals surface area contributed by atoms with E-state index in [1.165, 1.54) is 11.0 Å². The molecule has 0 fully saturated rings. The van der Waals surface area contributed by atoms with Crippen LogP contribution in [-0.2, 0) is 4.79 Å². The second kappa shape index (κ2) is 8.42. The average Bonchev–Trinajstić information content (AvgIpc) is 2.59. The molecule has 7 nitrogen and oxygen atoms in total. The molecule has 1 aromatic carbocycles. The molecule has 0 aliphatic heterocycles. The standard InChI is InChI=1S/C19H24N4O3/c1-5-22(12-17(25)20-13(2)3)19(26)18-16(24)11-14(4)23(21-18)15-9-7-6-8-10-15/h6-11,13H,5,12H2,1-4H3,(H,20,25). The van der Waals surface area contributed by atoms with E-state index in [1.54, 1.807) is 18.5 Å². The van der Waals surface area contributed by atoms with E-state index in [-0.39, 0.29) is 24.2 Å². The average molecular weight is 356 g/mol. The number of nitrogens with one attached hydrogen (secondary N) is 1. The molecular formula is C19H24N4O3. The molecule has 0 saturated carbocycles. The van der Waals surface area contributed by atoms with E-state index in [4.69, 9.17) is 0 Å². The van der Waals surface area contributed by atoms with Gasteiger partial charge in [-0.1, -0.05) is 18.2 Å². The Balaban J connectivity index is 2.35. The van der Waals surface area contributed by atoms with E-state index in [1.807, 2.05) is 44.2 Å². The number of hydrogen-bond donors (Lipinski definition) is 1. The third-order valence-electron chi connectivity index (χ3n) is 3.76. The van der Waals surface area contributed by atoms with Crippen LogP contribution in [0.1, 0.15) is 37.0 Å². The molecule has 1 heterocycles. The molecule has 0 radical (unpaired) electrons. The highest BCUT2D eigenvalue weighted by Gasteiger charge is 2.22. The number of aryl methyl sites for hydroxylation is 1. The van der Waals surface area contributed by atoms with Gasteiger partial charge < -0.3 is 10.2 Å². The highest BCUT2D eigenvalue weighted by atomic mass is 16.2. The van der Waals surface area contributed by atoms with E-state index in [0.29, 0.717) is 12.2 Å². The third-order valence-corrected chi connectivity index (χ3v) is 3.76. The van der Waals surface area contributed by atoms with Crippen LogP contribution >= 0.6 is 0 Å². The number of para-hydroxylation sites is 1. The van der Waals surface area contributed by atoms with Gasteiger partial charge >= 0.3 is 0 Å². The van der Waals surface area contributed by atoms with Gasteiger partial charge in [-0.25, -0.2) is 4.68 Å². The summed E-state index contributed by atoms with van der Waals surface area (Å²) in [7, 11) is 0. The van der Waals surface area contributed by atoms with Crippen molar-refractivity contribution in [1.82, 2.24) is 20.0 Å². The van der Waals surface area contributed by atoms with Gasteiger partial charge in [0.25, 0.3) is 5.91 Å². The SMILES string of the molecule is CCN(CC(=O)NC(C)C)C(=O)c1nn(-c2ccccc2)c(C)cc1=O. The van der Waals surface area contributed by atoms with E-state index in [2.05, 4.69) is 10.4 Å². The van der Waals surface area contributed by atoms with Crippen LogP contribution in [0.15, 0.2) is 41.2 Å². The molecule has 0 aliphatic rings. The van der Waals surface area contributed by atoms with Gasteiger partial charge in [-0.15, -0.1) is 0 Å². The first-order chi connectivity index (χ1) is 12.3. The molecule has 2 aromatic rings. The van der Waals surface area contributed by atoms with Crippen molar-refractivity contribution < 1.29 is 9.59 Å². The first kappa shape index (κ1) is 19.4. The smallest absolute Gasteiger partial charge is 0.278 e. The monoisotopic (exact) mass is 356 g/mol. The summed E-state index contributed by atoms with van der Waals surface area (Å²) in [6.45, 7) is 7.37. The van der Waals surface area contributed by atoms with Crippen LogP contribution in [0.3, 0.4) is 0 Å². The van der Waals surface area contributed by atoms with Gasteiger partial charge in [-0.2, -0.15) is 5.10 Å². The quantitative estimate of drug-likeness (QED) is 0.851. The summed E-state index contributed by atoms with van der Waals surface area (Å²) >= 11 is 0. The fraction of sp³-hybridized carbons (Fsp3) is 0.368. The predicted octanol–water partition coefficient (Wildman–Crippen LogP) is 1.53. The summed E-state index contributed by atoms with van der Waals surface area (Å²) in [6.07, 6.45) is 0. The predicted molar refractivity (Wildman–Crippen MR) is 99.4 cm³/mol. The lowest BCUT2D eigenvalue weighted by Gasteiger charge is -2.21. The molecule has 0 saturated heterocycles. The normalized spacial score (nSPS) is 10.7. The molecule has 138 valence electrons. The van der Waals surface area contributed by atoms with Crippen LogP contribution in [0.2, 0.25) is 0 Å². The van der Waals surface area contributed by atoms with Crippen LogP contribution in [-0.4, -0.2) is 45.6 Å². The minimum atomic E-state index is -0.555. The van der Waals surface area contributed by atoms with Gasteiger partial charge in [0.2, 0.25) is 11.3 Å². The van der Waals surface area contributed by atoms with Crippen LogP contribution in [0.5, 0.6) is 0 Å². The maximum atomic E-state index is 12.8. The molecule has 1 aromatic heterocycles. The first-order valence-corrected chi connectivity index (χ1v) is 8.58. The van der Waals surface area contributed by atoms with Gasteiger partial charge in [0.15, 0.2) is 5.69 Å². The van der Waals surface area contributed by atoms with Gasteiger partial charge in [0.05, 0.1) is 12.2 Å². The Kier molecular flexibility index (Phi) is 6.27. The van der Waals surface area contributed by atoms with Crippen LogP contribution in [0.4, 0.5) is 0 Å². The summed E-state index contributed by atoms with van der Waals surface area (Å²) in [6, 6.07) is 10.6. The Hall–Kier alpha value is -2.96. The molecule has 2 amide bonds. The third kappa shape index (κ3) is 4.56. The maximum absolute atomic E-state index is 12.8. The van der Waals surface area contributed by atoms with Crippen molar-refractivity contribution in [1.29, 1.82) is 0 Å². The lowest BCUT2D eigenvalue weighted by Crippen LogP contribution is -2.44. The molecule has 26 heavy (non-hydrogen) atoms. The highest BCUT2D eigenvalue weighted by Crippen LogP contribution is 2.08. The summed E-state index contributed by atoms with van der Waals surface area (Å²) in [5.41, 5.74) is 0.721. The number of amides is 2. The number of rotatable bonds is 6. The molecule has 0 bridgehead atoms. The zero-order chi connectivity index (χ0) is 19.3. The fourth-order valence-electron chi connectivity index (χ4n) is 2.54. The van der Waals surface area contributed by atoms with Crippen LogP contribution in [0, 0.1) is 6.92 Å². The maximum Gasteiger partial charge on any atom is 0.278 e. The number of carbonyl (C=O) groups is 2. The minimum Gasteiger partial charge on any atom is -0.352 e. The zero-order valence-electron chi connectivity index (χ0n) is 15.5. The Morgan fingerprint density at radius 2 is 1.88 bits per heavy atom. The molecule has 2 rings (SSSR count). The zero-order valence-corrected chi connectivity index (χ0v) is 15.5. The first-order valence-electron chi connectivity index (χ1n) is 8.58. The minimum absolute atomic E-state index is 0.0240. The van der Waals surface area contributed by atoms with E-state index >= 15 is 0 Å². The Morgan fingerprint density at radius 1 is 1.23 bits per heavy atom. The van der Waals surface area contributed by atoms with Gasteiger partial charge in [0.1, 0.15) is 0 Å². The van der Waals surface area contributed by atoms with Crippen molar-refractivity contribution in [3.05, 3.63) is 58.0 Å². The van der Waals surface area contributed by atoms with E-state index in [0.717, 1.165) is 5.69 Å². The number of aromatic nitrogens is 2. The number of nitrogens with zero attached hydrogens (tertiary/aromatic N) is 3. The molecule has 0 unspecified atom stereocenters. The molecule has 0 atom stereocenters. The second-order valence-corrected chi connectivity index (χ2v) is 6.29. The Morgan fingerprint density at radius 3 is 2.46 bits per heavy atom. The van der Waals surface area contributed by atoms with Crippen LogP contribution in [0.25, 0.3) is 5.69 Å². The molecule has 0 aliphatic carbocycles. The summed E-state index contributed by atoms with van der Waals surface area (Å²) < 4.78 is 1.55. The van der Waals surface area contributed by atoms with E-state index < -0.39 is 11.3 Å². The number of benzene rings is 1. The lowest BCUT2D eigenvalue weighted by molar-refractivity contribution is -0.122. The van der Waals surface area contributed by atoms with Crippen molar-refractivity contribution in [2.45, 2.75) is 33.7 Å². The van der Waals surface area contributed by atoms with E-state index in [9.17, 15) is 14.4 Å². The Bertz CT molecular complexity index is 844. The molecular weight excluding hydrogens is 332 g/mol. The molecule has 7 heteroatoms. The molecule has 0 spiro atoms. The fourth-order valence-corrected chi connectivity index (χ4v) is 2.54. The summed E-state index contributed by atoms with van der Waals surface area (Å²) in [5, 5.41) is 7.00. The summed E-state index contributed by atoms with van der Waals surface area (Å²) in [5.74, 6) is -0.827. The summed E-state index contributed by atoms with van der Waals surface area (Å²) in [4.78, 5) is 38.4. The van der Waals surface area contributed by atoms with Crippen molar-refractivity contribution in [2.24, 2.45) is 0 Å². The van der Waals surface area contributed by atoms with Gasteiger partial charge in [0, 0.05) is 24.3 Å². The number of hydrogen-bond acceptors (Lipinski definition) is 4. The van der Waals surface area contributed by atoms with Gasteiger partial charge in [-0.3, -0.25) is 14.4 Å². The lowest BCUT2D eigenvalue weighted by atomic mass is 10.2.